The summed E-state index contributed by atoms with van der Waals surface area (Å²) in [5, 5.41) is -0.316. The zero-order chi connectivity index (χ0) is 13.1. The van der Waals surface area contributed by atoms with E-state index < -0.39 is 24.6 Å². The van der Waals surface area contributed by atoms with E-state index in [9.17, 15) is 18.0 Å². The molecule has 0 spiro atoms. The van der Waals surface area contributed by atoms with Gasteiger partial charge < -0.3 is 9.47 Å². The molecule has 4 nitrogen and oxygen atoms in total. The normalized spacial score (nSPS) is 11.1. The van der Waals surface area contributed by atoms with Crippen LogP contribution in [0.1, 0.15) is 10.4 Å². The highest BCUT2D eigenvalue weighted by atomic mass is 35.5. The van der Waals surface area contributed by atoms with Gasteiger partial charge in [-0.15, -0.1) is 0 Å². The summed E-state index contributed by atoms with van der Waals surface area (Å²) in [5.41, 5.74) is -0.110. The molecule has 0 unspecified atom stereocenters. The van der Waals surface area contributed by atoms with Gasteiger partial charge in [0.25, 0.3) is 0 Å². The van der Waals surface area contributed by atoms with Crippen molar-refractivity contribution in [2.45, 2.75) is 6.18 Å². The maximum atomic E-state index is 11.9. The molecule has 1 rings (SSSR count). The molecule has 1 aromatic rings. The van der Waals surface area contributed by atoms with Crippen LogP contribution in [0.2, 0.25) is 5.02 Å². The molecule has 0 radical (unpaired) electrons. The summed E-state index contributed by atoms with van der Waals surface area (Å²) < 4.78 is 44.5. The number of methoxy groups -OCH3 is 1. The molecule has 1 aromatic heterocycles. The van der Waals surface area contributed by atoms with Crippen molar-refractivity contribution in [2.75, 3.05) is 13.7 Å². The maximum Gasteiger partial charge on any atom is 0.422 e. The Morgan fingerprint density at radius 2 is 2.18 bits per heavy atom. The molecular formula is C9H7ClF3NO3. The summed E-state index contributed by atoms with van der Waals surface area (Å²) in [4.78, 5) is 14.7. The highest BCUT2D eigenvalue weighted by Crippen LogP contribution is 2.27. The molecule has 8 heteroatoms. The van der Waals surface area contributed by atoms with E-state index in [4.69, 9.17) is 11.6 Å². The van der Waals surface area contributed by atoms with Crippen LogP contribution in [0, 0.1) is 0 Å². The topological polar surface area (TPSA) is 48.4 Å². The van der Waals surface area contributed by atoms with E-state index in [0.717, 1.165) is 13.3 Å². The lowest BCUT2D eigenvalue weighted by Gasteiger charge is -2.10. The first-order chi connectivity index (χ1) is 7.85. The van der Waals surface area contributed by atoms with Crippen molar-refractivity contribution in [1.82, 2.24) is 4.98 Å². The van der Waals surface area contributed by atoms with Crippen molar-refractivity contribution < 1.29 is 27.4 Å². The Morgan fingerprint density at radius 3 is 2.71 bits per heavy atom. The largest absolute Gasteiger partial charge is 0.467 e. The number of carbonyl (C=O) groups excluding carboxylic acids is 1. The number of hydrogen-bond acceptors (Lipinski definition) is 4. The number of halogens is 4. The molecule has 1 heterocycles. The van der Waals surface area contributed by atoms with Crippen LogP contribution in [0.3, 0.4) is 0 Å². The minimum atomic E-state index is -4.51. The van der Waals surface area contributed by atoms with Crippen LogP contribution in [-0.2, 0) is 4.74 Å². The Balaban J connectivity index is 2.91. The van der Waals surface area contributed by atoms with Gasteiger partial charge in [-0.3, -0.25) is 0 Å². The molecule has 0 amide bonds. The van der Waals surface area contributed by atoms with Gasteiger partial charge in [0.1, 0.15) is 5.02 Å². The van der Waals surface area contributed by atoms with Gasteiger partial charge in [0, 0.05) is 6.20 Å². The molecule has 17 heavy (non-hydrogen) atoms. The van der Waals surface area contributed by atoms with Gasteiger partial charge in [-0.05, 0) is 6.07 Å². The van der Waals surface area contributed by atoms with Crippen LogP contribution in [0.15, 0.2) is 12.3 Å². The number of hydrogen-bond donors (Lipinski definition) is 0. The summed E-state index contributed by atoms with van der Waals surface area (Å²) in [6.07, 6.45) is -3.41. The lowest BCUT2D eigenvalue weighted by molar-refractivity contribution is -0.154. The summed E-state index contributed by atoms with van der Waals surface area (Å²) >= 11 is 5.66. The predicted molar refractivity (Wildman–Crippen MR) is 52.1 cm³/mol. The zero-order valence-corrected chi connectivity index (χ0v) is 9.30. The fraction of sp³-hybridized carbons (Fsp3) is 0.333. The molecule has 0 bridgehead atoms. The third-order valence-corrected chi connectivity index (χ3v) is 2.00. The molecule has 0 aliphatic heterocycles. The van der Waals surface area contributed by atoms with Crippen molar-refractivity contribution in [1.29, 1.82) is 0 Å². The van der Waals surface area contributed by atoms with Gasteiger partial charge >= 0.3 is 12.1 Å². The second-order valence-electron chi connectivity index (χ2n) is 2.87. The Morgan fingerprint density at radius 1 is 1.53 bits per heavy atom. The lowest BCUT2D eigenvalue weighted by atomic mass is 10.3. The third-order valence-electron chi connectivity index (χ3n) is 1.64. The van der Waals surface area contributed by atoms with E-state index in [2.05, 4.69) is 14.5 Å². The number of rotatable bonds is 3. The fourth-order valence-corrected chi connectivity index (χ4v) is 1.19. The van der Waals surface area contributed by atoms with E-state index in [1.165, 1.54) is 6.07 Å². The van der Waals surface area contributed by atoms with Gasteiger partial charge in [-0.2, -0.15) is 13.2 Å². The average molecular weight is 270 g/mol. The van der Waals surface area contributed by atoms with E-state index in [1.54, 1.807) is 0 Å². The monoisotopic (exact) mass is 269 g/mol. The quantitative estimate of drug-likeness (QED) is 0.791. The summed E-state index contributed by atoms with van der Waals surface area (Å²) in [5.74, 6) is -1.25. The molecule has 0 saturated heterocycles. The molecule has 0 aromatic carbocycles. The van der Waals surface area contributed by atoms with Crippen molar-refractivity contribution in [3.05, 3.63) is 22.8 Å². The summed E-state index contributed by atoms with van der Waals surface area (Å²) in [6.45, 7) is -1.54. The first-order valence-electron chi connectivity index (χ1n) is 4.27. The van der Waals surface area contributed by atoms with E-state index >= 15 is 0 Å². The van der Waals surface area contributed by atoms with E-state index in [-0.39, 0.29) is 10.6 Å². The van der Waals surface area contributed by atoms with Crippen LogP contribution >= 0.6 is 11.6 Å². The molecule has 0 N–H and O–H groups in total. The smallest absolute Gasteiger partial charge is 0.422 e. The first kappa shape index (κ1) is 13.6. The van der Waals surface area contributed by atoms with Gasteiger partial charge in [-0.1, -0.05) is 11.6 Å². The highest BCUT2D eigenvalue weighted by molar-refractivity contribution is 6.34. The van der Waals surface area contributed by atoms with E-state index in [0.29, 0.717) is 0 Å². The fourth-order valence-electron chi connectivity index (χ4n) is 0.943. The highest BCUT2D eigenvalue weighted by Gasteiger charge is 2.29. The van der Waals surface area contributed by atoms with Gasteiger partial charge in [0.2, 0.25) is 5.88 Å². The molecular weight excluding hydrogens is 263 g/mol. The van der Waals surface area contributed by atoms with Crippen molar-refractivity contribution >= 4 is 17.6 Å². The van der Waals surface area contributed by atoms with Crippen molar-refractivity contribution in [3.63, 3.8) is 0 Å². The number of carbonyl (C=O) groups is 1. The van der Waals surface area contributed by atoms with Crippen LogP contribution in [0.25, 0.3) is 0 Å². The molecule has 0 aliphatic rings. The third kappa shape index (κ3) is 3.77. The standard InChI is InChI=1S/C9H7ClF3NO3/c1-16-8(15)5-2-3-14-7(6(5)10)17-4-9(11,12)13/h2-3H,4H2,1H3. The molecule has 0 aliphatic carbocycles. The Bertz CT molecular complexity index is 422. The van der Waals surface area contributed by atoms with Crippen LogP contribution < -0.4 is 4.74 Å². The predicted octanol–water partition coefficient (Wildman–Crippen LogP) is 2.46. The van der Waals surface area contributed by atoms with Gasteiger partial charge in [-0.25, -0.2) is 9.78 Å². The van der Waals surface area contributed by atoms with Gasteiger partial charge in [0.15, 0.2) is 6.61 Å². The maximum absolute atomic E-state index is 11.9. The zero-order valence-electron chi connectivity index (χ0n) is 8.55. The van der Waals surface area contributed by atoms with Crippen LogP contribution in [0.5, 0.6) is 5.88 Å². The summed E-state index contributed by atoms with van der Waals surface area (Å²) in [6, 6.07) is 1.22. The minimum Gasteiger partial charge on any atom is -0.467 e. The minimum absolute atomic E-state index is 0.110. The van der Waals surface area contributed by atoms with Crippen LogP contribution in [0.4, 0.5) is 13.2 Å². The number of aromatic nitrogens is 1. The summed E-state index contributed by atoms with van der Waals surface area (Å²) in [7, 11) is 1.12. The molecule has 0 atom stereocenters. The number of esters is 1. The van der Waals surface area contributed by atoms with Gasteiger partial charge in [0.05, 0.1) is 12.7 Å². The molecule has 0 saturated carbocycles. The van der Waals surface area contributed by atoms with Crippen molar-refractivity contribution in [3.8, 4) is 5.88 Å². The number of alkyl halides is 3. The number of nitrogens with zero attached hydrogens (tertiary/aromatic N) is 1. The molecule has 0 fully saturated rings. The average Bonchev–Trinajstić information content (AvgIpc) is 2.25. The van der Waals surface area contributed by atoms with Crippen LogP contribution in [-0.4, -0.2) is 30.8 Å². The Kier molecular flexibility index (Phi) is 4.17. The molecule has 94 valence electrons. The number of ether oxygens (including phenoxy) is 2. The second kappa shape index (κ2) is 5.22. The first-order valence-corrected chi connectivity index (χ1v) is 4.65. The number of pyridine rings is 1. The Labute approximate surface area is 99.3 Å². The second-order valence-corrected chi connectivity index (χ2v) is 3.25. The lowest BCUT2D eigenvalue weighted by Crippen LogP contribution is -2.20. The SMILES string of the molecule is COC(=O)c1ccnc(OCC(F)(F)F)c1Cl. The Hall–Kier alpha value is -1.50. The van der Waals surface area contributed by atoms with Crippen molar-refractivity contribution in [2.24, 2.45) is 0 Å². The van der Waals surface area contributed by atoms with E-state index in [1.807, 2.05) is 0 Å².